The summed E-state index contributed by atoms with van der Waals surface area (Å²) in [5.74, 6) is 2.94. The van der Waals surface area contributed by atoms with Gasteiger partial charge in [-0.3, -0.25) is 0 Å². The summed E-state index contributed by atoms with van der Waals surface area (Å²) >= 11 is 0. The Morgan fingerprint density at radius 3 is 1.78 bits per heavy atom. The topological polar surface area (TPSA) is 0 Å². The van der Waals surface area contributed by atoms with E-state index < -0.39 is 0 Å². The van der Waals surface area contributed by atoms with E-state index in [0.717, 1.165) is 17.8 Å². The van der Waals surface area contributed by atoms with Gasteiger partial charge in [-0.15, -0.1) is 0 Å². The van der Waals surface area contributed by atoms with Crippen molar-refractivity contribution in [1.82, 2.24) is 0 Å². The lowest BCUT2D eigenvalue weighted by atomic mass is 9.72. The van der Waals surface area contributed by atoms with Gasteiger partial charge in [0.2, 0.25) is 0 Å². The highest BCUT2D eigenvalue weighted by molar-refractivity contribution is 4.76. The van der Waals surface area contributed by atoms with E-state index in [1.165, 1.54) is 19.3 Å². The molecule has 0 amide bonds. The highest BCUT2D eigenvalue weighted by Gasteiger charge is 2.25. The summed E-state index contributed by atoms with van der Waals surface area (Å²) in [6.45, 7) is 7.07. The second-order valence-corrected chi connectivity index (χ2v) is 3.79. The van der Waals surface area contributed by atoms with Gasteiger partial charge < -0.3 is 0 Å². The van der Waals surface area contributed by atoms with Crippen molar-refractivity contribution in [3.05, 3.63) is 0 Å². The Morgan fingerprint density at radius 2 is 1.67 bits per heavy atom. The van der Waals surface area contributed by atoms with E-state index in [9.17, 15) is 0 Å². The standard InChI is InChI=1S/C9H18/c1-7(2)8(3)9-5-4-6-9/h7-9H,4-6H2,1-3H3/t8-/m1/s1. The first kappa shape index (κ1) is 7.11. The molecule has 0 heterocycles. The molecule has 9 heavy (non-hydrogen) atoms. The molecule has 0 bridgehead atoms. The van der Waals surface area contributed by atoms with Gasteiger partial charge in [-0.05, 0) is 17.8 Å². The zero-order valence-electron chi connectivity index (χ0n) is 6.85. The maximum absolute atomic E-state index is 2.40. The van der Waals surface area contributed by atoms with Crippen molar-refractivity contribution in [2.45, 2.75) is 40.0 Å². The highest BCUT2D eigenvalue weighted by atomic mass is 14.3. The fraction of sp³-hybridized carbons (Fsp3) is 1.00. The second-order valence-electron chi connectivity index (χ2n) is 3.79. The van der Waals surface area contributed by atoms with Gasteiger partial charge in [-0.25, -0.2) is 0 Å². The average Bonchev–Trinajstić information content (AvgIpc) is 1.60. The first-order valence-corrected chi connectivity index (χ1v) is 4.22. The first-order chi connectivity index (χ1) is 4.22. The van der Waals surface area contributed by atoms with Gasteiger partial charge >= 0.3 is 0 Å². The lowest BCUT2D eigenvalue weighted by molar-refractivity contribution is 0.176. The van der Waals surface area contributed by atoms with Gasteiger partial charge in [-0.2, -0.15) is 0 Å². The molecule has 0 nitrogen and oxygen atoms in total. The maximum atomic E-state index is 2.40. The maximum Gasteiger partial charge on any atom is -0.0386 e. The van der Waals surface area contributed by atoms with Crippen LogP contribution in [0, 0.1) is 17.8 Å². The van der Waals surface area contributed by atoms with Crippen molar-refractivity contribution in [1.29, 1.82) is 0 Å². The zero-order chi connectivity index (χ0) is 6.85. The second kappa shape index (κ2) is 2.72. The Morgan fingerprint density at radius 1 is 1.11 bits per heavy atom. The van der Waals surface area contributed by atoms with Crippen molar-refractivity contribution in [3.8, 4) is 0 Å². The Kier molecular flexibility index (Phi) is 2.15. The average molecular weight is 126 g/mol. The fourth-order valence-electron chi connectivity index (χ4n) is 1.51. The molecule has 0 radical (unpaired) electrons. The van der Waals surface area contributed by atoms with Crippen LogP contribution >= 0.6 is 0 Å². The van der Waals surface area contributed by atoms with Crippen LogP contribution in [0.3, 0.4) is 0 Å². The fourth-order valence-corrected chi connectivity index (χ4v) is 1.51. The molecule has 0 N–H and O–H groups in total. The summed E-state index contributed by atoms with van der Waals surface area (Å²) in [6, 6.07) is 0. The normalized spacial score (nSPS) is 24.0. The number of hydrogen-bond acceptors (Lipinski definition) is 0. The monoisotopic (exact) mass is 126 g/mol. The molecule has 0 unspecified atom stereocenters. The molecule has 1 atom stereocenters. The van der Waals surface area contributed by atoms with Crippen LogP contribution in [0.2, 0.25) is 0 Å². The molecule has 0 aromatic carbocycles. The molecule has 1 aliphatic rings. The molecular formula is C9H18. The predicted octanol–water partition coefficient (Wildman–Crippen LogP) is 3.08. The van der Waals surface area contributed by atoms with Crippen LogP contribution in [0.1, 0.15) is 40.0 Å². The van der Waals surface area contributed by atoms with Gasteiger partial charge in [0.05, 0.1) is 0 Å². The summed E-state index contributed by atoms with van der Waals surface area (Å²) < 4.78 is 0. The summed E-state index contributed by atoms with van der Waals surface area (Å²) in [4.78, 5) is 0. The molecule has 0 aromatic rings. The Balaban J connectivity index is 2.23. The van der Waals surface area contributed by atoms with Crippen LogP contribution in [-0.2, 0) is 0 Å². The van der Waals surface area contributed by atoms with Crippen LogP contribution in [0.5, 0.6) is 0 Å². The van der Waals surface area contributed by atoms with Gasteiger partial charge in [-0.1, -0.05) is 40.0 Å². The minimum absolute atomic E-state index is 0.898. The SMILES string of the molecule is CC(C)[C@@H](C)C1CCC1. The van der Waals surface area contributed by atoms with Gasteiger partial charge in [0.1, 0.15) is 0 Å². The van der Waals surface area contributed by atoms with E-state index in [1.807, 2.05) is 0 Å². The Labute approximate surface area is 58.7 Å². The van der Waals surface area contributed by atoms with E-state index >= 15 is 0 Å². The minimum atomic E-state index is 0.898. The molecule has 54 valence electrons. The quantitative estimate of drug-likeness (QED) is 0.533. The molecule has 0 saturated heterocycles. The number of hydrogen-bond donors (Lipinski definition) is 0. The molecule has 0 heteroatoms. The van der Waals surface area contributed by atoms with E-state index in [0.29, 0.717) is 0 Å². The lowest BCUT2D eigenvalue weighted by Gasteiger charge is -2.33. The van der Waals surface area contributed by atoms with E-state index in [2.05, 4.69) is 20.8 Å². The molecule has 1 aliphatic carbocycles. The lowest BCUT2D eigenvalue weighted by Crippen LogP contribution is -2.23. The van der Waals surface area contributed by atoms with E-state index in [4.69, 9.17) is 0 Å². The predicted molar refractivity (Wildman–Crippen MR) is 41.3 cm³/mol. The third-order valence-electron chi connectivity index (χ3n) is 2.94. The highest BCUT2D eigenvalue weighted by Crippen LogP contribution is 2.36. The van der Waals surface area contributed by atoms with Crippen molar-refractivity contribution in [3.63, 3.8) is 0 Å². The minimum Gasteiger partial charge on any atom is -0.0625 e. The third-order valence-corrected chi connectivity index (χ3v) is 2.94. The molecule has 0 aliphatic heterocycles. The third kappa shape index (κ3) is 1.47. The molecule has 1 saturated carbocycles. The Bertz CT molecular complexity index is 80.0. The van der Waals surface area contributed by atoms with Gasteiger partial charge in [0.25, 0.3) is 0 Å². The molecular weight excluding hydrogens is 108 g/mol. The largest absolute Gasteiger partial charge is 0.0625 e. The van der Waals surface area contributed by atoms with Gasteiger partial charge in [0, 0.05) is 0 Å². The van der Waals surface area contributed by atoms with Crippen LogP contribution < -0.4 is 0 Å². The number of rotatable bonds is 2. The van der Waals surface area contributed by atoms with Crippen LogP contribution in [-0.4, -0.2) is 0 Å². The van der Waals surface area contributed by atoms with E-state index in [1.54, 1.807) is 0 Å². The van der Waals surface area contributed by atoms with Crippen molar-refractivity contribution < 1.29 is 0 Å². The van der Waals surface area contributed by atoms with Crippen molar-refractivity contribution >= 4 is 0 Å². The summed E-state index contributed by atoms with van der Waals surface area (Å²) in [7, 11) is 0. The van der Waals surface area contributed by atoms with Crippen molar-refractivity contribution in [2.75, 3.05) is 0 Å². The van der Waals surface area contributed by atoms with E-state index in [-0.39, 0.29) is 0 Å². The molecule has 1 fully saturated rings. The Hall–Kier alpha value is 0. The van der Waals surface area contributed by atoms with Crippen LogP contribution in [0.25, 0.3) is 0 Å². The molecule has 0 spiro atoms. The molecule has 1 rings (SSSR count). The summed E-state index contributed by atoms with van der Waals surface area (Å²) in [6.07, 6.45) is 4.49. The van der Waals surface area contributed by atoms with Crippen LogP contribution in [0.4, 0.5) is 0 Å². The molecule has 0 aromatic heterocycles. The first-order valence-electron chi connectivity index (χ1n) is 4.22. The zero-order valence-corrected chi connectivity index (χ0v) is 6.85. The summed E-state index contributed by atoms with van der Waals surface area (Å²) in [5, 5.41) is 0. The summed E-state index contributed by atoms with van der Waals surface area (Å²) in [5.41, 5.74) is 0. The smallest absolute Gasteiger partial charge is 0.0386 e. The van der Waals surface area contributed by atoms with Gasteiger partial charge in [0.15, 0.2) is 0 Å². The van der Waals surface area contributed by atoms with Crippen molar-refractivity contribution in [2.24, 2.45) is 17.8 Å². The van der Waals surface area contributed by atoms with Crippen LogP contribution in [0.15, 0.2) is 0 Å².